The molecule has 0 aliphatic heterocycles. The smallest absolute Gasteiger partial charge is 0.142 e. The molecule has 2 fully saturated rings. The lowest BCUT2D eigenvalue weighted by atomic mass is 10.1. The zero-order valence-corrected chi connectivity index (χ0v) is 8.11. The van der Waals surface area contributed by atoms with Crippen LogP contribution in [-0.2, 0) is 0 Å². The lowest BCUT2D eigenvalue weighted by Gasteiger charge is -2.04. The Bertz CT molecular complexity index is 302. The molecular formula is C8H9ClN2S. The standard InChI is InChI=1S/C8H9ClN2S/c9-8-11-10-7(12-8)6-2-4-1-5(4)3-6/h4-6H,1-3H2. The molecule has 2 aliphatic rings. The Morgan fingerprint density at radius 3 is 2.50 bits per heavy atom. The van der Waals surface area contributed by atoms with E-state index in [1.54, 1.807) is 11.3 Å². The second kappa shape index (κ2) is 2.42. The summed E-state index contributed by atoms with van der Waals surface area (Å²) in [7, 11) is 0. The average Bonchev–Trinajstić information content (AvgIpc) is 2.49. The fourth-order valence-electron chi connectivity index (χ4n) is 2.30. The molecular weight excluding hydrogens is 192 g/mol. The first-order valence-corrected chi connectivity index (χ1v) is 5.51. The van der Waals surface area contributed by atoms with Crippen molar-refractivity contribution < 1.29 is 0 Å². The van der Waals surface area contributed by atoms with Crippen molar-refractivity contribution in [3.63, 3.8) is 0 Å². The van der Waals surface area contributed by atoms with Gasteiger partial charge in [0, 0.05) is 5.92 Å². The topological polar surface area (TPSA) is 25.8 Å². The van der Waals surface area contributed by atoms with Gasteiger partial charge in [-0.25, -0.2) is 0 Å². The number of halogens is 1. The Labute approximate surface area is 80.0 Å². The van der Waals surface area contributed by atoms with E-state index in [9.17, 15) is 0 Å². The van der Waals surface area contributed by atoms with Crippen LogP contribution in [0.5, 0.6) is 0 Å². The number of fused-ring (bicyclic) bond motifs is 1. The lowest BCUT2D eigenvalue weighted by molar-refractivity contribution is 0.615. The number of aromatic nitrogens is 2. The van der Waals surface area contributed by atoms with Crippen LogP contribution in [0.1, 0.15) is 30.2 Å². The van der Waals surface area contributed by atoms with E-state index in [1.807, 2.05) is 0 Å². The minimum absolute atomic E-state index is 0.588. The predicted octanol–water partition coefficient (Wildman–Crippen LogP) is 2.71. The van der Waals surface area contributed by atoms with Gasteiger partial charge in [-0.2, -0.15) is 0 Å². The maximum Gasteiger partial charge on any atom is 0.207 e. The highest BCUT2D eigenvalue weighted by molar-refractivity contribution is 7.15. The molecule has 0 amide bonds. The van der Waals surface area contributed by atoms with Gasteiger partial charge in [-0.1, -0.05) is 11.3 Å². The van der Waals surface area contributed by atoms with Gasteiger partial charge in [-0.15, -0.1) is 10.2 Å². The van der Waals surface area contributed by atoms with Gasteiger partial charge < -0.3 is 0 Å². The van der Waals surface area contributed by atoms with Crippen LogP contribution < -0.4 is 0 Å². The summed E-state index contributed by atoms with van der Waals surface area (Å²) in [5.41, 5.74) is 0. The van der Waals surface area contributed by atoms with Gasteiger partial charge in [-0.05, 0) is 42.7 Å². The summed E-state index contributed by atoms with van der Waals surface area (Å²) in [6.07, 6.45) is 4.12. The van der Waals surface area contributed by atoms with Crippen molar-refractivity contribution in [1.29, 1.82) is 0 Å². The molecule has 12 heavy (non-hydrogen) atoms. The lowest BCUT2D eigenvalue weighted by Crippen LogP contribution is -1.94. The minimum Gasteiger partial charge on any atom is -0.142 e. The van der Waals surface area contributed by atoms with Crippen LogP contribution in [-0.4, -0.2) is 10.2 Å². The molecule has 0 spiro atoms. The quantitative estimate of drug-likeness (QED) is 0.697. The van der Waals surface area contributed by atoms with Crippen molar-refractivity contribution in [2.45, 2.75) is 25.2 Å². The zero-order chi connectivity index (χ0) is 8.13. The Kier molecular flexibility index (Phi) is 1.47. The molecule has 1 aromatic heterocycles. The van der Waals surface area contributed by atoms with Gasteiger partial charge in [0.2, 0.25) is 4.47 Å². The van der Waals surface area contributed by atoms with Crippen molar-refractivity contribution in [2.75, 3.05) is 0 Å². The van der Waals surface area contributed by atoms with Crippen molar-refractivity contribution in [2.24, 2.45) is 11.8 Å². The maximum absolute atomic E-state index is 5.73. The third kappa shape index (κ3) is 1.07. The number of rotatable bonds is 1. The van der Waals surface area contributed by atoms with E-state index in [0.717, 1.165) is 16.8 Å². The van der Waals surface area contributed by atoms with E-state index in [1.165, 1.54) is 19.3 Å². The molecule has 0 radical (unpaired) electrons. The molecule has 0 N–H and O–H groups in total. The summed E-state index contributed by atoms with van der Waals surface area (Å²) in [6, 6.07) is 0. The molecule has 1 heterocycles. The number of nitrogens with zero attached hydrogens (tertiary/aromatic N) is 2. The van der Waals surface area contributed by atoms with E-state index in [4.69, 9.17) is 11.6 Å². The molecule has 0 bridgehead atoms. The summed E-state index contributed by atoms with van der Waals surface area (Å²) in [6.45, 7) is 0. The van der Waals surface area contributed by atoms with Crippen LogP contribution in [0.2, 0.25) is 4.47 Å². The Hall–Kier alpha value is -0.150. The summed E-state index contributed by atoms with van der Waals surface area (Å²) in [5, 5.41) is 9.08. The third-order valence-electron chi connectivity index (χ3n) is 3.01. The van der Waals surface area contributed by atoms with E-state index in [0.29, 0.717) is 10.4 Å². The molecule has 2 saturated carbocycles. The number of hydrogen-bond donors (Lipinski definition) is 0. The Morgan fingerprint density at radius 1 is 1.17 bits per heavy atom. The molecule has 0 saturated heterocycles. The molecule has 1 aromatic rings. The summed E-state index contributed by atoms with van der Waals surface area (Å²) >= 11 is 7.28. The SMILES string of the molecule is Clc1nnc(C2CC3CC3C2)s1. The molecule has 2 unspecified atom stereocenters. The van der Waals surface area contributed by atoms with Crippen molar-refractivity contribution in [1.82, 2.24) is 10.2 Å². The Morgan fingerprint density at radius 2 is 1.92 bits per heavy atom. The van der Waals surface area contributed by atoms with Crippen molar-refractivity contribution in [3.05, 3.63) is 9.47 Å². The van der Waals surface area contributed by atoms with Crippen molar-refractivity contribution in [3.8, 4) is 0 Å². The first-order chi connectivity index (χ1) is 5.83. The average molecular weight is 201 g/mol. The second-order valence-corrected chi connectivity index (χ2v) is 5.41. The minimum atomic E-state index is 0.588. The van der Waals surface area contributed by atoms with E-state index < -0.39 is 0 Å². The largest absolute Gasteiger partial charge is 0.207 e. The fraction of sp³-hybridized carbons (Fsp3) is 0.750. The van der Waals surface area contributed by atoms with E-state index in [-0.39, 0.29) is 0 Å². The molecule has 2 aliphatic carbocycles. The van der Waals surface area contributed by atoms with Crippen LogP contribution in [0.15, 0.2) is 0 Å². The van der Waals surface area contributed by atoms with Gasteiger partial charge >= 0.3 is 0 Å². The van der Waals surface area contributed by atoms with Gasteiger partial charge in [0.05, 0.1) is 0 Å². The van der Waals surface area contributed by atoms with Crippen LogP contribution >= 0.6 is 22.9 Å². The molecule has 4 heteroatoms. The normalized spacial score (nSPS) is 38.2. The Balaban J connectivity index is 1.81. The highest BCUT2D eigenvalue weighted by Crippen LogP contribution is 2.57. The van der Waals surface area contributed by atoms with Gasteiger partial charge in [0.25, 0.3) is 0 Å². The number of hydrogen-bond acceptors (Lipinski definition) is 3. The molecule has 64 valence electrons. The molecule has 2 nitrogen and oxygen atoms in total. The maximum atomic E-state index is 5.73. The highest BCUT2D eigenvalue weighted by Gasteiger charge is 2.47. The van der Waals surface area contributed by atoms with Crippen molar-refractivity contribution >= 4 is 22.9 Å². The molecule has 3 rings (SSSR count). The molecule has 2 atom stereocenters. The summed E-state index contributed by atoms with van der Waals surface area (Å²) < 4.78 is 0.588. The first-order valence-electron chi connectivity index (χ1n) is 4.32. The van der Waals surface area contributed by atoms with Gasteiger partial charge in [0.1, 0.15) is 5.01 Å². The third-order valence-corrected chi connectivity index (χ3v) is 4.19. The summed E-state index contributed by atoms with van der Waals surface area (Å²) in [5.74, 6) is 2.70. The fourth-order valence-corrected chi connectivity index (χ4v) is 3.27. The van der Waals surface area contributed by atoms with Crippen LogP contribution in [0.3, 0.4) is 0 Å². The molecule has 0 aromatic carbocycles. The van der Waals surface area contributed by atoms with Gasteiger partial charge in [0.15, 0.2) is 0 Å². The van der Waals surface area contributed by atoms with Crippen LogP contribution in [0, 0.1) is 11.8 Å². The predicted molar refractivity (Wildman–Crippen MR) is 48.5 cm³/mol. The summed E-state index contributed by atoms with van der Waals surface area (Å²) in [4.78, 5) is 0. The van der Waals surface area contributed by atoms with Gasteiger partial charge in [-0.3, -0.25) is 0 Å². The first kappa shape index (κ1) is 7.27. The highest BCUT2D eigenvalue weighted by atomic mass is 35.5. The van der Waals surface area contributed by atoms with E-state index in [2.05, 4.69) is 10.2 Å². The zero-order valence-electron chi connectivity index (χ0n) is 6.53. The second-order valence-electron chi connectivity index (χ2n) is 3.82. The monoisotopic (exact) mass is 200 g/mol. The van der Waals surface area contributed by atoms with Crippen LogP contribution in [0.25, 0.3) is 0 Å². The van der Waals surface area contributed by atoms with E-state index >= 15 is 0 Å². The van der Waals surface area contributed by atoms with Crippen LogP contribution in [0.4, 0.5) is 0 Å².